The quantitative estimate of drug-likeness (QED) is 0.277. The Morgan fingerprint density at radius 1 is 0.810 bits per heavy atom. The zero-order chi connectivity index (χ0) is 29.1. The van der Waals surface area contributed by atoms with Gasteiger partial charge in [-0.1, -0.05) is 54.6 Å². The topological polar surface area (TPSA) is 118 Å². The highest BCUT2D eigenvalue weighted by molar-refractivity contribution is 7.87. The Labute approximate surface area is 242 Å². The number of pyridine rings is 1. The molecular weight excluding hydrogens is 554 g/mol. The van der Waals surface area contributed by atoms with Crippen LogP contribution in [0.5, 0.6) is 5.75 Å². The van der Waals surface area contributed by atoms with Gasteiger partial charge in [-0.05, 0) is 35.4 Å². The van der Waals surface area contributed by atoms with Crippen LogP contribution in [0.4, 0.5) is 5.82 Å². The molecule has 0 amide bonds. The lowest BCUT2D eigenvalue weighted by Crippen LogP contribution is -2.48. The third-order valence-electron chi connectivity index (χ3n) is 7.34. The number of H-pyrrole nitrogens is 1. The van der Waals surface area contributed by atoms with Crippen LogP contribution < -0.4 is 20.3 Å². The number of nitrogens with zero attached hydrogens (tertiary/aromatic N) is 4. The lowest BCUT2D eigenvalue weighted by atomic mass is 10.2. The second-order valence-corrected chi connectivity index (χ2v) is 11.7. The molecule has 0 bridgehead atoms. The van der Waals surface area contributed by atoms with Crippen molar-refractivity contribution in [3.8, 4) is 5.75 Å². The molecule has 42 heavy (non-hydrogen) atoms. The predicted molar refractivity (Wildman–Crippen MR) is 160 cm³/mol. The molecule has 0 radical (unpaired) electrons. The minimum Gasteiger partial charge on any atom is -0.379 e. The van der Waals surface area contributed by atoms with E-state index >= 15 is 0 Å². The molecule has 0 spiro atoms. The van der Waals surface area contributed by atoms with Crippen LogP contribution in [0.1, 0.15) is 11.1 Å². The Bertz CT molecular complexity index is 1930. The SMILES string of the molecule is O=c1cc(N2CCN(Cc3ccccc3)CC2)n(Cc2ccc(OS(=O)(=O)c3cccc4cnccc34)cc2)c(=O)[nH]1. The average Bonchev–Trinajstić information content (AvgIpc) is 3.00. The van der Waals surface area contributed by atoms with Gasteiger partial charge in [0, 0.05) is 62.0 Å². The molecule has 1 fully saturated rings. The standard InChI is InChI=1S/C31H29N5O5S/c37-29-19-30(35-17-15-34(16-18-35)21-23-5-2-1-3-6-23)36(31(38)33-29)22-24-9-11-26(12-10-24)41-42(39,40)28-8-4-7-25-20-32-14-13-27(25)28/h1-14,19-20H,15-18,21-22H2,(H,33,37,38). The van der Waals surface area contributed by atoms with Gasteiger partial charge in [0.1, 0.15) is 16.5 Å². The number of fused-ring (bicyclic) bond motifs is 1. The third kappa shape index (κ3) is 5.97. The largest absolute Gasteiger partial charge is 0.379 e. The summed E-state index contributed by atoms with van der Waals surface area (Å²) < 4.78 is 33.1. The van der Waals surface area contributed by atoms with Crippen molar-refractivity contribution in [1.29, 1.82) is 0 Å². The molecule has 1 aliphatic heterocycles. The van der Waals surface area contributed by atoms with E-state index in [4.69, 9.17) is 4.18 Å². The summed E-state index contributed by atoms with van der Waals surface area (Å²) in [6.45, 7) is 3.97. The summed E-state index contributed by atoms with van der Waals surface area (Å²) in [5.41, 5.74) is 1.04. The Balaban J connectivity index is 1.17. The van der Waals surface area contributed by atoms with Gasteiger partial charge in [0.15, 0.2) is 0 Å². The molecule has 11 heteroatoms. The first-order valence-electron chi connectivity index (χ1n) is 13.6. The molecular formula is C31H29N5O5S. The number of nitrogens with one attached hydrogen (secondary N) is 1. The lowest BCUT2D eigenvalue weighted by Gasteiger charge is -2.36. The number of hydrogen-bond acceptors (Lipinski definition) is 8. The first-order chi connectivity index (χ1) is 20.4. The Kier molecular flexibility index (Phi) is 7.60. The highest BCUT2D eigenvalue weighted by Crippen LogP contribution is 2.26. The molecule has 5 aromatic rings. The summed E-state index contributed by atoms with van der Waals surface area (Å²) in [5.74, 6) is 0.699. The van der Waals surface area contributed by atoms with Crippen LogP contribution in [-0.4, -0.2) is 54.0 Å². The highest BCUT2D eigenvalue weighted by atomic mass is 32.2. The molecule has 0 atom stereocenters. The minimum absolute atomic E-state index is 0.0553. The first kappa shape index (κ1) is 27.4. The number of anilines is 1. The number of rotatable bonds is 8. The van der Waals surface area contributed by atoms with E-state index in [2.05, 4.69) is 31.9 Å². The summed E-state index contributed by atoms with van der Waals surface area (Å²) in [6, 6.07) is 24.8. The van der Waals surface area contributed by atoms with Gasteiger partial charge in [-0.25, -0.2) is 4.79 Å². The summed E-state index contributed by atoms with van der Waals surface area (Å²) in [6.07, 6.45) is 3.13. The molecule has 2 aromatic heterocycles. The number of benzene rings is 3. The molecule has 3 heterocycles. The van der Waals surface area contributed by atoms with E-state index in [0.29, 0.717) is 29.7 Å². The van der Waals surface area contributed by atoms with Crippen LogP contribution in [0.15, 0.2) is 112 Å². The van der Waals surface area contributed by atoms with Gasteiger partial charge in [0.2, 0.25) is 0 Å². The maximum atomic E-state index is 13.1. The van der Waals surface area contributed by atoms with E-state index in [9.17, 15) is 18.0 Å². The Morgan fingerprint density at radius 2 is 1.55 bits per heavy atom. The van der Waals surface area contributed by atoms with Gasteiger partial charge >= 0.3 is 15.8 Å². The molecule has 6 rings (SSSR count). The summed E-state index contributed by atoms with van der Waals surface area (Å²) in [4.78, 5) is 36.0. The number of hydrogen-bond donors (Lipinski definition) is 1. The van der Waals surface area contributed by atoms with Gasteiger partial charge in [0.25, 0.3) is 5.56 Å². The van der Waals surface area contributed by atoms with Crippen molar-refractivity contribution in [2.24, 2.45) is 0 Å². The van der Waals surface area contributed by atoms with Crippen molar-refractivity contribution in [2.45, 2.75) is 18.0 Å². The fourth-order valence-electron chi connectivity index (χ4n) is 5.22. The maximum absolute atomic E-state index is 13.1. The summed E-state index contributed by atoms with van der Waals surface area (Å²) in [5, 5.41) is 1.22. The van der Waals surface area contributed by atoms with Gasteiger partial charge < -0.3 is 9.08 Å². The molecule has 214 valence electrons. The monoisotopic (exact) mass is 583 g/mol. The van der Waals surface area contributed by atoms with E-state index in [1.807, 2.05) is 18.2 Å². The van der Waals surface area contributed by atoms with Crippen LogP contribution in [0.2, 0.25) is 0 Å². The molecule has 0 unspecified atom stereocenters. The van der Waals surface area contributed by atoms with Crippen molar-refractivity contribution in [3.05, 3.63) is 129 Å². The number of piperazine rings is 1. The van der Waals surface area contributed by atoms with Gasteiger partial charge in [-0.3, -0.25) is 24.2 Å². The fourth-order valence-corrected chi connectivity index (χ4v) is 6.37. The summed E-state index contributed by atoms with van der Waals surface area (Å²) >= 11 is 0. The average molecular weight is 584 g/mol. The maximum Gasteiger partial charge on any atom is 0.339 e. The van der Waals surface area contributed by atoms with Crippen LogP contribution in [0, 0.1) is 0 Å². The zero-order valence-corrected chi connectivity index (χ0v) is 23.5. The molecule has 0 saturated carbocycles. The first-order valence-corrected chi connectivity index (χ1v) is 15.0. The van der Waals surface area contributed by atoms with Crippen LogP contribution in [0.25, 0.3) is 10.8 Å². The van der Waals surface area contributed by atoms with Crippen molar-refractivity contribution < 1.29 is 12.6 Å². The van der Waals surface area contributed by atoms with Crippen molar-refractivity contribution in [2.75, 3.05) is 31.1 Å². The van der Waals surface area contributed by atoms with E-state index in [0.717, 1.165) is 25.2 Å². The van der Waals surface area contributed by atoms with E-state index in [-0.39, 0.29) is 17.2 Å². The minimum atomic E-state index is -4.10. The Hall–Kier alpha value is -4.74. The second-order valence-electron chi connectivity index (χ2n) is 10.2. The van der Waals surface area contributed by atoms with E-state index in [1.165, 1.54) is 28.5 Å². The van der Waals surface area contributed by atoms with Crippen molar-refractivity contribution in [1.82, 2.24) is 19.4 Å². The number of aromatic amines is 1. The zero-order valence-electron chi connectivity index (χ0n) is 22.7. The lowest BCUT2D eigenvalue weighted by molar-refractivity contribution is 0.248. The second kappa shape index (κ2) is 11.6. The molecule has 0 aliphatic carbocycles. The third-order valence-corrected chi connectivity index (χ3v) is 8.64. The Morgan fingerprint density at radius 3 is 2.31 bits per heavy atom. The van der Waals surface area contributed by atoms with Gasteiger partial charge in [-0.2, -0.15) is 8.42 Å². The van der Waals surface area contributed by atoms with Gasteiger partial charge in [-0.15, -0.1) is 0 Å². The van der Waals surface area contributed by atoms with Crippen molar-refractivity contribution in [3.63, 3.8) is 0 Å². The molecule has 1 aliphatic rings. The molecule has 10 nitrogen and oxygen atoms in total. The van der Waals surface area contributed by atoms with Gasteiger partial charge in [0.05, 0.1) is 6.54 Å². The molecule has 1 saturated heterocycles. The van der Waals surface area contributed by atoms with Crippen LogP contribution >= 0.6 is 0 Å². The number of aromatic nitrogens is 3. The molecule has 1 N–H and O–H groups in total. The smallest absolute Gasteiger partial charge is 0.339 e. The van der Waals surface area contributed by atoms with Crippen LogP contribution in [-0.2, 0) is 23.2 Å². The predicted octanol–water partition coefficient (Wildman–Crippen LogP) is 3.22. The highest BCUT2D eigenvalue weighted by Gasteiger charge is 2.22. The fraction of sp³-hybridized carbons (Fsp3) is 0.194. The van der Waals surface area contributed by atoms with Crippen molar-refractivity contribution >= 4 is 26.7 Å². The summed E-state index contributed by atoms with van der Waals surface area (Å²) in [7, 11) is -4.10. The van der Waals surface area contributed by atoms with E-state index < -0.39 is 21.4 Å². The normalized spacial score (nSPS) is 14.2. The van der Waals surface area contributed by atoms with E-state index in [1.54, 1.807) is 48.7 Å². The molecule has 3 aromatic carbocycles. The van der Waals surface area contributed by atoms with Crippen LogP contribution in [0.3, 0.4) is 0 Å².